The van der Waals surface area contributed by atoms with Crippen LogP contribution in [0.3, 0.4) is 0 Å². The second-order valence-corrected chi connectivity index (χ2v) is 6.99. The maximum absolute atomic E-state index is 12.2. The number of pyridine rings is 1. The summed E-state index contributed by atoms with van der Waals surface area (Å²) in [5.74, 6) is 0.330. The van der Waals surface area contributed by atoms with Gasteiger partial charge in [-0.25, -0.2) is 0 Å². The molecule has 132 valence electrons. The van der Waals surface area contributed by atoms with E-state index in [4.69, 9.17) is 5.73 Å². The molecule has 1 aliphatic rings. The number of likely N-dealkylation sites (tertiary alicyclic amines) is 1. The summed E-state index contributed by atoms with van der Waals surface area (Å²) in [4.78, 5) is 18.7. The molecule has 3 rings (SSSR count). The Balaban J connectivity index is 1.48. The molecule has 2 aromatic rings. The van der Waals surface area contributed by atoms with Gasteiger partial charge in [0.15, 0.2) is 0 Å². The largest absolute Gasteiger partial charge is 0.399 e. The molecule has 3 N–H and O–H groups in total. The summed E-state index contributed by atoms with van der Waals surface area (Å²) in [6.07, 6.45) is 2.67. The third kappa shape index (κ3) is 4.57. The summed E-state index contributed by atoms with van der Waals surface area (Å²) < 4.78 is 0. The lowest BCUT2D eigenvalue weighted by Gasteiger charge is -2.17. The highest BCUT2D eigenvalue weighted by Crippen LogP contribution is 2.19. The van der Waals surface area contributed by atoms with Crippen molar-refractivity contribution in [2.75, 3.05) is 25.4 Å². The average molecular weight is 338 g/mol. The molecule has 0 unspecified atom stereocenters. The summed E-state index contributed by atoms with van der Waals surface area (Å²) in [5.41, 5.74) is 10.7. The standard InChI is InChI=1S/C20H26N4O/c1-14-3-4-16(9-15(14)2)12-24-8-6-17(13-24)11-23-20(25)19-10-18(21)5-7-22-19/h3-5,7,9-10,17H,6,8,11-13H2,1-2H3,(H2,21,22)(H,23,25)/t17-/m1/s1. The monoisotopic (exact) mass is 338 g/mol. The van der Waals surface area contributed by atoms with E-state index in [1.807, 2.05) is 0 Å². The molecule has 0 radical (unpaired) electrons. The van der Waals surface area contributed by atoms with Gasteiger partial charge in [-0.2, -0.15) is 0 Å². The first-order chi connectivity index (χ1) is 12.0. The molecular weight excluding hydrogens is 312 g/mol. The lowest BCUT2D eigenvalue weighted by molar-refractivity contribution is 0.0942. The van der Waals surface area contributed by atoms with Crippen molar-refractivity contribution in [1.29, 1.82) is 0 Å². The Hall–Kier alpha value is -2.40. The third-order valence-corrected chi connectivity index (χ3v) is 4.92. The number of nitrogens with zero attached hydrogens (tertiary/aromatic N) is 2. The number of aromatic nitrogens is 1. The van der Waals surface area contributed by atoms with Crippen LogP contribution in [0.4, 0.5) is 5.69 Å². The van der Waals surface area contributed by atoms with Gasteiger partial charge < -0.3 is 11.1 Å². The van der Waals surface area contributed by atoms with Gasteiger partial charge in [0.05, 0.1) is 0 Å². The highest BCUT2D eigenvalue weighted by molar-refractivity contribution is 5.92. The molecule has 0 spiro atoms. The first kappa shape index (κ1) is 17.4. The molecule has 1 saturated heterocycles. The summed E-state index contributed by atoms with van der Waals surface area (Å²) in [6, 6.07) is 9.96. The topological polar surface area (TPSA) is 71.2 Å². The molecular formula is C20H26N4O. The van der Waals surface area contributed by atoms with Crippen LogP contribution >= 0.6 is 0 Å². The van der Waals surface area contributed by atoms with Crippen LogP contribution in [-0.4, -0.2) is 35.4 Å². The number of nitrogens with one attached hydrogen (secondary N) is 1. The van der Waals surface area contributed by atoms with Gasteiger partial charge >= 0.3 is 0 Å². The first-order valence-corrected chi connectivity index (χ1v) is 8.79. The van der Waals surface area contributed by atoms with Crippen LogP contribution < -0.4 is 11.1 Å². The van der Waals surface area contributed by atoms with Gasteiger partial charge in [-0.15, -0.1) is 0 Å². The van der Waals surface area contributed by atoms with Gasteiger partial charge in [0.25, 0.3) is 5.91 Å². The molecule has 1 aliphatic heterocycles. The van der Waals surface area contributed by atoms with Crippen molar-refractivity contribution >= 4 is 11.6 Å². The summed E-state index contributed by atoms with van der Waals surface area (Å²) in [6.45, 7) is 8.04. The van der Waals surface area contributed by atoms with Gasteiger partial charge in [0, 0.05) is 31.5 Å². The number of carbonyl (C=O) groups excluding carboxylic acids is 1. The number of anilines is 1. The van der Waals surface area contributed by atoms with Crippen LogP contribution in [0.2, 0.25) is 0 Å². The summed E-state index contributed by atoms with van der Waals surface area (Å²) in [7, 11) is 0. The van der Waals surface area contributed by atoms with Crippen molar-refractivity contribution in [2.45, 2.75) is 26.8 Å². The van der Waals surface area contributed by atoms with Crippen molar-refractivity contribution < 1.29 is 4.79 Å². The van der Waals surface area contributed by atoms with E-state index in [2.05, 4.69) is 47.2 Å². The number of amides is 1. The minimum atomic E-state index is -0.153. The maximum Gasteiger partial charge on any atom is 0.269 e. The second kappa shape index (κ2) is 7.66. The lowest BCUT2D eigenvalue weighted by Crippen LogP contribution is -2.31. The van der Waals surface area contributed by atoms with Crippen LogP contribution in [0.1, 0.15) is 33.6 Å². The highest BCUT2D eigenvalue weighted by Gasteiger charge is 2.23. The van der Waals surface area contributed by atoms with Gasteiger partial charge in [0.2, 0.25) is 0 Å². The van der Waals surface area contributed by atoms with Crippen molar-refractivity contribution in [3.8, 4) is 0 Å². The van der Waals surface area contributed by atoms with E-state index in [1.54, 1.807) is 18.3 Å². The molecule has 5 heteroatoms. The predicted molar refractivity (Wildman–Crippen MR) is 100 cm³/mol. The zero-order valence-electron chi connectivity index (χ0n) is 15.0. The van der Waals surface area contributed by atoms with Crippen LogP contribution in [0.25, 0.3) is 0 Å². The Morgan fingerprint density at radius 3 is 2.88 bits per heavy atom. The quantitative estimate of drug-likeness (QED) is 0.879. The highest BCUT2D eigenvalue weighted by atomic mass is 16.1. The molecule has 0 bridgehead atoms. The predicted octanol–water partition coefficient (Wildman–Crippen LogP) is 2.53. The fourth-order valence-electron chi connectivity index (χ4n) is 3.28. The molecule has 0 saturated carbocycles. The average Bonchev–Trinajstić information content (AvgIpc) is 3.03. The van der Waals surface area contributed by atoms with Gasteiger partial charge in [-0.1, -0.05) is 18.2 Å². The Morgan fingerprint density at radius 1 is 1.28 bits per heavy atom. The molecule has 1 aromatic carbocycles. The Labute approximate surface area is 149 Å². The summed E-state index contributed by atoms with van der Waals surface area (Å²) in [5, 5.41) is 2.99. The van der Waals surface area contributed by atoms with Crippen molar-refractivity contribution in [3.05, 3.63) is 58.9 Å². The second-order valence-electron chi connectivity index (χ2n) is 6.99. The minimum absolute atomic E-state index is 0.153. The van der Waals surface area contributed by atoms with Crippen molar-refractivity contribution in [3.63, 3.8) is 0 Å². The van der Waals surface area contributed by atoms with Crippen molar-refractivity contribution in [2.24, 2.45) is 5.92 Å². The molecule has 1 aromatic heterocycles. The summed E-state index contributed by atoms with van der Waals surface area (Å²) >= 11 is 0. The Bertz CT molecular complexity index is 759. The van der Waals surface area contributed by atoms with E-state index in [-0.39, 0.29) is 5.91 Å². The smallest absolute Gasteiger partial charge is 0.269 e. The van der Waals surface area contributed by atoms with E-state index in [9.17, 15) is 4.79 Å². The molecule has 0 aliphatic carbocycles. The van der Waals surface area contributed by atoms with Crippen LogP contribution in [0.5, 0.6) is 0 Å². The van der Waals surface area contributed by atoms with Gasteiger partial charge in [-0.05, 0) is 61.6 Å². The van der Waals surface area contributed by atoms with E-state index in [0.717, 1.165) is 26.1 Å². The zero-order chi connectivity index (χ0) is 17.8. The minimum Gasteiger partial charge on any atom is -0.399 e. The molecule has 1 atom stereocenters. The zero-order valence-corrected chi connectivity index (χ0v) is 15.0. The number of carbonyl (C=O) groups is 1. The first-order valence-electron chi connectivity index (χ1n) is 8.79. The van der Waals surface area contributed by atoms with Crippen molar-refractivity contribution in [1.82, 2.24) is 15.2 Å². The molecule has 1 amide bonds. The SMILES string of the molecule is Cc1ccc(CN2CC[C@H](CNC(=O)c3cc(N)ccn3)C2)cc1C. The molecule has 1 fully saturated rings. The van der Waals surface area contributed by atoms with E-state index < -0.39 is 0 Å². The number of hydrogen-bond donors (Lipinski definition) is 2. The fourth-order valence-corrected chi connectivity index (χ4v) is 3.28. The number of nitrogen functional groups attached to an aromatic ring is 1. The lowest BCUT2D eigenvalue weighted by atomic mass is 10.1. The number of rotatable bonds is 5. The third-order valence-electron chi connectivity index (χ3n) is 4.92. The molecule has 25 heavy (non-hydrogen) atoms. The number of nitrogens with two attached hydrogens (primary N) is 1. The molecule has 2 heterocycles. The normalized spacial score (nSPS) is 17.6. The number of aryl methyl sites for hydroxylation is 2. The van der Waals surface area contributed by atoms with Crippen LogP contribution in [-0.2, 0) is 6.54 Å². The van der Waals surface area contributed by atoms with Gasteiger partial charge in [-0.3, -0.25) is 14.7 Å². The maximum atomic E-state index is 12.2. The van der Waals surface area contributed by atoms with E-state index in [0.29, 0.717) is 23.8 Å². The molecule has 5 nitrogen and oxygen atoms in total. The van der Waals surface area contributed by atoms with E-state index >= 15 is 0 Å². The Morgan fingerprint density at radius 2 is 2.12 bits per heavy atom. The van der Waals surface area contributed by atoms with Crippen LogP contribution in [0.15, 0.2) is 36.5 Å². The van der Waals surface area contributed by atoms with Crippen LogP contribution in [0, 0.1) is 19.8 Å². The Kier molecular flexibility index (Phi) is 5.34. The number of benzene rings is 1. The van der Waals surface area contributed by atoms with Gasteiger partial charge in [0.1, 0.15) is 5.69 Å². The van der Waals surface area contributed by atoms with E-state index in [1.165, 1.54) is 16.7 Å². The fraction of sp³-hybridized carbons (Fsp3) is 0.400. The number of hydrogen-bond acceptors (Lipinski definition) is 4.